The molecule has 5 nitrogen and oxygen atoms in total. The van der Waals surface area contributed by atoms with E-state index >= 15 is 0 Å². The van der Waals surface area contributed by atoms with E-state index in [4.69, 9.17) is 0 Å². The SMILES string of the molecule is Cc1ccc2c(-c3[nH]ncc3C(=O)O)cn(C)c2c1. The lowest BCUT2D eigenvalue weighted by Crippen LogP contribution is -1.96. The Balaban J connectivity index is 2.31. The first-order chi connectivity index (χ1) is 9.08. The Labute approximate surface area is 109 Å². The van der Waals surface area contributed by atoms with E-state index in [1.54, 1.807) is 0 Å². The molecule has 3 aromatic rings. The number of aryl methyl sites for hydroxylation is 2. The van der Waals surface area contributed by atoms with Gasteiger partial charge in [-0.2, -0.15) is 5.10 Å². The second-order valence-corrected chi connectivity index (χ2v) is 4.64. The minimum absolute atomic E-state index is 0.188. The number of H-pyrrole nitrogens is 1. The van der Waals surface area contributed by atoms with Gasteiger partial charge in [-0.05, 0) is 18.6 Å². The van der Waals surface area contributed by atoms with E-state index in [-0.39, 0.29) is 5.56 Å². The highest BCUT2D eigenvalue weighted by Crippen LogP contribution is 2.31. The lowest BCUT2D eigenvalue weighted by molar-refractivity contribution is 0.0698. The minimum atomic E-state index is -0.979. The van der Waals surface area contributed by atoms with Crippen LogP contribution in [0.1, 0.15) is 15.9 Å². The average molecular weight is 255 g/mol. The van der Waals surface area contributed by atoms with E-state index in [9.17, 15) is 9.90 Å². The third-order valence-electron chi connectivity index (χ3n) is 3.29. The molecule has 19 heavy (non-hydrogen) atoms. The van der Waals surface area contributed by atoms with Gasteiger partial charge in [-0.15, -0.1) is 0 Å². The van der Waals surface area contributed by atoms with Crippen molar-refractivity contribution in [3.05, 3.63) is 41.7 Å². The number of aromatic nitrogens is 3. The molecule has 1 aromatic carbocycles. The van der Waals surface area contributed by atoms with Crippen LogP contribution in [0.15, 0.2) is 30.6 Å². The van der Waals surface area contributed by atoms with E-state index in [1.165, 1.54) is 11.8 Å². The zero-order chi connectivity index (χ0) is 13.6. The van der Waals surface area contributed by atoms with E-state index < -0.39 is 5.97 Å². The lowest BCUT2D eigenvalue weighted by atomic mass is 10.1. The summed E-state index contributed by atoms with van der Waals surface area (Å²) in [5, 5.41) is 16.8. The highest BCUT2D eigenvalue weighted by molar-refractivity contribution is 6.02. The summed E-state index contributed by atoms with van der Waals surface area (Å²) in [4.78, 5) is 11.2. The van der Waals surface area contributed by atoms with E-state index in [1.807, 2.05) is 36.9 Å². The van der Waals surface area contributed by atoms with Gasteiger partial charge in [-0.1, -0.05) is 12.1 Å². The summed E-state index contributed by atoms with van der Waals surface area (Å²) in [7, 11) is 1.95. The Morgan fingerprint density at radius 2 is 2.21 bits per heavy atom. The molecule has 0 fully saturated rings. The normalized spacial score (nSPS) is 11.1. The molecule has 0 spiro atoms. The van der Waals surface area contributed by atoms with Crippen molar-refractivity contribution in [2.24, 2.45) is 7.05 Å². The number of carboxylic acids is 1. The average Bonchev–Trinajstić information content (AvgIpc) is 2.94. The summed E-state index contributed by atoms with van der Waals surface area (Å²) in [5.74, 6) is -0.979. The van der Waals surface area contributed by atoms with Gasteiger partial charge in [-0.25, -0.2) is 4.79 Å². The topological polar surface area (TPSA) is 70.9 Å². The molecule has 5 heteroatoms. The van der Waals surface area contributed by atoms with E-state index in [2.05, 4.69) is 16.3 Å². The number of aromatic amines is 1. The molecule has 2 aromatic heterocycles. The van der Waals surface area contributed by atoms with Crippen LogP contribution in [-0.4, -0.2) is 25.8 Å². The van der Waals surface area contributed by atoms with Crippen LogP contribution in [0.25, 0.3) is 22.2 Å². The molecule has 0 atom stereocenters. The number of hydrogen-bond donors (Lipinski definition) is 2. The van der Waals surface area contributed by atoms with Gasteiger partial charge in [-0.3, -0.25) is 5.10 Å². The van der Waals surface area contributed by atoms with Crippen molar-refractivity contribution in [2.75, 3.05) is 0 Å². The fourth-order valence-electron chi connectivity index (χ4n) is 2.35. The second kappa shape index (κ2) is 3.98. The molecule has 0 aliphatic rings. The molecule has 0 aliphatic heterocycles. The lowest BCUT2D eigenvalue weighted by Gasteiger charge is -1.99. The number of carbonyl (C=O) groups is 1. The standard InChI is InChI=1S/C14H13N3O2/c1-8-3-4-9-11(7-17(2)12(9)5-8)13-10(14(18)19)6-15-16-13/h3-7H,1-2H3,(H,15,16)(H,18,19). The van der Waals surface area contributed by atoms with Crippen molar-refractivity contribution in [1.29, 1.82) is 0 Å². The molecule has 96 valence electrons. The number of rotatable bonds is 2. The molecule has 0 aliphatic carbocycles. The number of aromatic carboxylic acids is 1. The smallest absolute Gasteiger partial charge is 0.339 e. The van der Waals surface area contributed by atoms with Crippen molar-refractivity contribution in [1.82, 2.24) is 14.8 Å². The van der Waals surface area contributed by atoms with Crippen LogP contribution in [0.4, 0.5) is 0 Å². The van der Waals surface area contributed by atoms with Crippen molar-refractivity contribution < 1.29 is 9.90 Å². The Kier molecular flexibility index (Phi) is 2.41. The van der Waals surface area contributed by atoms with Crippen LogP contribution in [0.5, 0.6) is 0 Å². The Morgan fingerprint density at radius 1 is 1.42 bits per heavy atom. The second-order valence-electron chi connectivity index (χ2n) is 4.64. The molecular weight excluding hydrogens is 242 g/mol. The van der Waals surface area contributed by atoms with Crippen molar-refractivity contribution in [3.63, 3.8) is 0 Å². The van der Waals surface area contributed by atoms with Crippen LogP contribution < -0.4 is 0 Å². The fraction of sp³-hybridized carbons (Fsp3) is 0.143. The van der Waals surface area contributed by atoms with Crippen molar-refractivity contribution in [2.45, 2.75) is 6.92 Å². The predicted octanol–water partition coefficient (Wildman–Crippen LogP) is 2.58. The molecular formula is C14H13N3O2. The molecule has 0 bridgehead atoms. The van der Waals surface area contributed by atoms with Gasteiger partial charge in [0.2, 0.25) is 0 Å². The van der Waals surface area contributed by atoms with Gasteiger partial charge in [0.1, 0.15) is 5.56 Å². The number of benzene rings is 1. The minimum Gasteiger partial charge on any atom is -0.478 e. The molecule has 0 radical (unpaired) electrons. The molecule has 0 saturated heterocycles. The maximum Gasteiger partial charge on any atom is 0.339 e. The zero-order valence-corrected chi connectivity index (χ0v) is 10.6. The number of carboxylic acid groups (broad SMARTS) is 1. The summed E-state index contributed by atoms with van der Waals surface area (Å²) < 4.78 is 1.99. The number of nitrogens with one attached hydrogen (secondary N) is 1. The maximum atomic E-state index is 11.2. The predicted molar refractivity (Wildman–Crippen MR) is 72.2 cm³/mol. The van der Waals surface area contributed by atoms with Crippen molar-refractivity contribution >= 4 is 16.9 Å². The van der Waals surface area contributed by atoms with Gasteiger partial charge in [0, 0.05) is 29.7 Å². The Morgan fingerprint density at radius 3 is 2.95 bits per heavy atom. The first-order valence-corrected chi connectivity index (χ1v) is 5.90. The quantitative estimate of drug-likeness (QED) is 0.739. The number of fused-ring (bicyclic) bond motifs is 1. The van der Waals surface area contributed by atoms with Gasteiger partial charge in [0.05, 0.1) is 11.9 Å². The highest BCUT2D eigenvalue weighted by Gasteiger charge is 2.17. The summed E-state index contributed by atoms with van der Waals surface area (Å²) >= 11 is 0. The van der Waals surface area contributed by atoms with E-state index in [0.717, 1.165) is 16.5 Å². The van der Waals surface area contributed by atoms with Crippen LogP contribution in [-0.2, 0) is 7.05 Å². The van der Waals surface area contributed by atoms with Gasteiger partial charge >= 0.3 is 5.97 Å². The maximum absolute atomic E-state index is 11.2. The molecule has 0 unspecified atom stereocenters. The zero-order valence-electron chi connectivity index (χ0n) is 10.6. The molecule has 2 heterocycles. The Hall–Kier alpha value is -2.56. The van der Waals surface area contributed by atoms with Gasteiger partial charge in [0.15, 0.2) is 0 Å². The first kappa shape index (κ1) is 11.5. The van der Waals surface area contributed by atoms with Crippen LogP contribution in [0.2, 0.25) is 0 Å². The highest BCUT2D eigenvalue weighted by atomic mass is 16.4. The number of nitrogens with zero attached hydrogens (tertiary/aromatic N) is 2. The van der Waals surface area contributed by atoms with Crippen LogP contribution in [0.3, 0.4) is 0 Å². The fourth-order valence-corrected chi connectivity index (χ4v) is 2.35. The van der Waals surface area contributed by atoms with Gasteiger partial charge < -0.3 is 9.67 Å². The summed E-state index contributed by atoms with van der Waals surface area (Å²) in [5.41, 5.74) is 3.83. The molecule has 2 N–H and O–H groups in total. The summed E-state index contributed by atoms with van der Waals surface area (Å²) in [6.45, 7) is 2.03. The summed E-state index contributed by atoms with van der Waals surface area (Å²) in [6, 6.07) is 6.10. The molecule has 3 rings (SSSR count). The molecule has 0 saturated carbocycles. The van der Waals surface area contributed by atoms with Crippen molar-refractivity contribution in [3.8, 4) is 11.3 Å². The third-order valence-corrected chi connectivity index (χ3v) is 3.29. The number of hydrogen-bond acceptors (Lipinski definition) is 2. The van der Waals surface area contributed by atoms with Gasteiger partial charge in [0.25, 0.3) is 0 Å². The van der Waals surface area contributed by atoms with Crippen LogP contribution in [0, 0.1) is 6.92 Å². The Bertz CT molecular complexity index is 783. The largest absolute Gasteiger partial charge is 0.478 e. The summed E-state index contributed by atoms with van der Waals surface area (Å²) in [6.07, 6.45) is 3.26. The third kappa shape index (κ3) is 1.71. The van der Waals surface area contributed by atoms with E-state index in [0.29, 0.717) is 5.69 Å². The first-order valence-electron chi connectivity index (χ1n) is 5.90. The monoisotopic (exact) mass is 255 g/mol. The molecule has 0 amide bonds. The van der Waals surface area contributed by atoms with Crippen LogP contribution >= 0.6 is 0 Å².